The lowest BCUT2D eigenvalue weighted by Gasteiger charge is -2.26. The van der Waals surface area contributed by atoms with Crippen molar-refractivity contribution in [3.63, 3.8) is 0 Å². The number of amides is 1. The standard InChI is InChI=1S/C20H21F3N2O2/c21-20(22,23)27-16-8-4-13(5-9-16)6-11-19(26)25-18-3-1-2-14-12-15(24)7-10-17(14)18/h4-5,7-10,12,18H,1-3,6,11,24H2,(H,25,26). The predicted octanol–water partition coefficient (Wildman–Crippen LogP) is 4.29. The lowest BCUT2D eigenvalue weighted by Crippen LogP contribution is -2.31. The second-order valence-electron chi connectivity index (χ2n) is 6.66. The predicted molar refractivity (Wildman–Crippen MR) is 96.1 cm³/mol. The molecule has 2 aromatic carbocycles. The van der Waals surface area contributed by atoms with Crippen molar-refractivity contribution in [2.24, 2.45) is 0 Å². The van der Waals surface area contributed by atoms with Crippen molar-refractivity contribution in [1.82, 2.24) is 5.32 Å². The van der Waals surface area contributed by atoms with Gasteiger partial charge in [0.1, 0.15) is 5.75 Å². The topological polar surface area (TPSA) is 64.3 Å². The van der Waals surface area contributed by atoms with E-state index in [0.29, 0.717) is 6.42 Å². The van der Waals surface area contributed by atoms with Gasteiger partial charge in [-0.1, -0.05) is 18.2 Å². The van der Waals surface area contributed by atoms with E-state index in [1.54, 1.807) is 0 Å². The molecule has 0 heterocycles. The van der Waals surface area contributed by atoms with Gasteiger partial charge in [0.2, 0.25) is 5.91 Å². The second kappa shape index (κ2) is 7.90. The number of rotatable bonds is 5. The van der Waals surface area contributed by atoms with Crippen molar-refractivity contribution in [2.75, 3.05) is 5.73 Å². The van der Waals surface area contributed by atoms with Crippen molar-refractivity contribution in [2.45, 2.75) is 44.5 Å². The highest BCUT2D eigenvalue weighted by Gasteiger charge is 2.31. The van der Waals surface area contributed by atoms with Crippen molar-refractivity contribution < 1.29 is 22.7 Å². The average Bonchev–Trinajstić information content (AvgIpc) is 2.60. The summed E-state index contributed by atoms with van der Waals surface area (Å²) in [6.07, 6.45) is -1.17. The number of hydrogen-bond acceptors (Lipinski definition) is 3. The number of ether oxygens (including phenoxy) is 1. The molecule has 1 aliphatic rings. The van der Waals surface area contributed by atoms with E-state index in [1.807, 2.05) is 18.2 Å². The Balaban J connectivity index is 1.53. The Bertz CT molecular complexity index is 804. The number of alkyl halides is 3. The van der Waals surface area contributed by atoms with E-state index in [2.05, 4.69) is 10.1 Å². The maximum Gasteiger partial charge on any atom is 0.573 e. The number of halogens is 3. The second-order valence-corrected chi connectivity index (χ2v) is 6.66. The van der Waals surface area contributed by atoms with Gasteiger partial charge in [0.05, 0.1) is 6.04 Å². The summed E-state index contributed by atoms with van der Waals surface area (Å²) in [5.41, 5.74) is 9.60. The number of carbonyl (C=O) groups excluding carboxylic acids is 1. The zero-order valence-corrected chi connectivity index (χ0v) is 14.7. The molecule has 27 heavy (non-hydrogen) atoms. The number of aryl methyl sites for hydroxylation is 2. The van der Waals surface area contributed by atoms with Crippen LogP contribution in [-0.2, 0) is 17.6 Å². The molecule has 144 valence electrons. The number of fused-ring (bicyclic) bond motifs is 1. The Morgan fingerprint density at radius 3 is 2.63 bits per heavy atom. The molecule has 1 amide bonds. The molecule has 0 radical (unpaired) electrons. The van der Waals surface area contributed by atoms with Gasteiger partial charge in [-0.25, -0.2) is 0 Å². The summed E-state index contributed by atoms with van der Waals surface area (Å²) in [6.45, 7) is 0. The first-order valence-electron chi connectivity index (χ1n) is 8.82. The van der Waals surface area contributed by atoms with Crippen LogP contribution in [0, 0.1) is 0 Å². The Hall–Kier alpha value is -2.70. The van der Waals surface area contributed by atoms with Crippen LogP contribution >= 0.6 is 0 Å². The van der Waals surface area contributed by atoms with Crippen LogP contribution in [0.25, 0.3) is 0 Å². The minimum atomic E-state index is -4.71. The van der Waals surface area contributed by atoms with Crippen LogP contribution in [-0.4, -0.2) is 12.3 Å². The number of carbonyl (C=O) groups is 1. The Kier molecular flexibility index (Phi) is 5.58. The smallest absolute Gasteiger partial charge is 0.406 e. The van der Waals surface area contributed by atoms with Crippen LogP contribution in [0.4, 0.5) is 18.9 Å². The molecule has 0 aromatic heterocycles. The summed E-state index contributed by atoms with van der Waals surface area (Å²) in [6, 6.07) is 11.3. The third-order valence-corrected chi connectivity index (χ3v) is 4.61. The van der Waals surface area contributed by atoms with E-state index in [0.717, 1.165) is 36.1 Å². The third kappa shape index (κ3) is 5.39. The molecule has 3 rings (SSSR count). The van der Waals surface area contributed by atoms with Crippen LogP contribution in [0.1, 0.15) is 42.0 Å². The van der Waals surface area contributed by atoms with Gasteiger partial charge in [0.15, 0.2) is 0 Å². The van der Waals surface area contributed by atoms with Crippen molar-refractivity contribution in [3.8, 4) is 5.75 Å². The molecule has 1 atom stereocenters. The van der Waals surface area contributed by atoms with Crippen LogP contribution in [0.5, 0.6) is 5.75 Å². The Morgan fingerprint density at radius 1 is 1.19 bits per heavy atom. The van der Waals surface area contributed by atoms with Gasteiger partial charge in [-0.15, -0.1) is 13.2 Å². The fourth-order valence-corrected chi connectivity index (χ4v) is 3.37. The van der Waals surface area contributed by atoms with E-state index in [-0.39, 0.29) is 24.1 Å². The monoisotopic (exact) mass is 378 g/mol. The van der Waals surface area contributed by atoms with Crippen molar-refractivity contribution >= 4 is 11.6 Å². The van der Waals surface area contributed by atoms with Crippen LogP contribution in [0.2, 0.25) is 0 Å². The first-order valence-corrected chi connectivity index (χ1v) is 8.82. The molecule has 3 N–H and O–H groups in total. The normalized spacial score (nSPS) is 16.5. The molecule has 0 saturated carbocycles. The van der Waals surface area contributed by atoms with Gasteiger partial charge in [-0.3, -0.25) is 4.79 Å². The Labute approximate surface area is 155 Å². The van der Waals surface area contributed by atoms with E-state index in [4.69, 9.17) is 5.73 Å². The van der Waals surface area contributed by atoms with Gasteiger partial charge in [-0.05, 0) is 66.6 Å². The molecule has 7 heteroatoms. The number of benzene rings is 2. The lowest BCUT2D eigenvalue weighted by atomic mass is 9.87. The number of nitrogens with one attached hydrogen (secondary N) is 1. The molecule has 0 bridgehead atoms. The fraction of sp³-hybridized carbons (Fsp3) is 0.350. The molecule has 0 aliphatic heterocycles. The Morgan fingerprint density at radius 2 is 1.93 bits per heavy atom. The molecular weight excluding hydrogens is 357 g/mol. The molecule has 1 unspecified atom stereocenters. The largest absolute Gasteiger partial charge is 0.573 e. The van der Waals surface area contributed by atoms with Crippen molar-refractivity contribution in [1.29, 1.82) is 0 Å². The molecule has 0 fully saturated rings. The summed E-state index contributed by atoms with van der Waals surface area (Å²) in [7, 11) is 0. The highest BCUT2D eigenvalue weighted by molar-refractivity contribution is 5.77. The molecule has 2 aromatic rings. The van der Waals surface area contributed by atoms with Gasteiger partial charge < -0.3 is 15.8 Å². The number of hydrogen-bond donors (Lipinski definition) is 2. The van der Waals surface area contributed by atoms with E-state index >= 15 is 0 Å². The van der Waals surface area contributed by atoms with E-state index in [1.165, 1.54) is 29.8 Å². The van der Waals surface area contributed by atoms with Crippen LogP contribution < -0.4 is 15.8 Å². The van der Waals surface area contributed by atoms with Gasteiger partial charge in [0, 0.05) is 12.1 Å². The molecular formula is C20H21F3N2O2. The van der Waals surface area contributed by atoms with Gasteiger partial charge in [-0.2, -0.15) is 0 Å². The van der Waals surface area contributed by atoms with E-state index < -0.39 is 6.36 Å². The molecule has 1 aliphatic carbocycles. The van der Waals surface area contributed by atoms with Crippen LogP contribution in [0.15, 0.2) is 42.5 Å². The minimum Gasteiger partial charge on any atom is -0.406 e. The SMILES string of the molecule is Nc1ccc2c(c1)CCCC2NC(=O)CCc1ccc(OC(F)(F)F)cc1. The summed E-state index contributed by atoms with van der Waals surface area (Å²) in [4.78, 5) is 12.3. The summed E-state index contributed by atoms with van der Waals surface area (Å²) < 4.78 is 40.3. The quantitative estimate of drug-likeness (QED) is 0.763. The maximum atomic E-state index is 12.3. The number of nitrogens with two attached hydrogens (primary N) is 1. The highest BCUT2D eigenvalue weighted by Crippen LogP contribution is 2.31. The third-order valence-electron chi connectivity index (χ3n) is 4.61. The minimum absolute atomic E-state index is 0.0237. The van der Waals surface area contributed by atoms with Crippen LogP contribution in [0.3, 0.4) is 0 Å². The molecule has 0 spiro atoms. The van der Waals surface area contributed by atoms with Gasteiger partial charge >= 0.3 is 6.36 Å². The summed E-state index contributed by atoms with van der Waals surface area (Å²) in [5.74, 6) is -0.353. The zero-order chi connectivity index (χ0) is 19.4. The first kappa shape index (κ1) is 19.1. The highest BCUT2D eigenvalue weighted by atomic mass is 19.4. The first-order chi connectivity index (χ1) is 12.8. The summed E-state index contributed by atoms with van der Waals surface area (Å²) >= 11 is 0. The lowest BCUT2D eigenvalue weighted by molar-refractivity contribution is -0.274. The van der Waals surface area contributed by atoms with Crippen molar-refractivity contribution in [3.05, 3.63) is 59.2 Å². The maximum absolute atomic E-state index is 12.3. The fourth-order valence-electron chi connectivity index (χ4n) is 3.37. The molecule has 0 saturated heterocycles. The zero-order valence-electron chi connectivity index (χ0n) is 14.7. The number of anilines is 1. The molecule has 4 nitrogen and oxygen atoms in total. The number of nitrogen functional groups attached to an aromatic ring is 1. The van der Waals surface area contributed by atoms with Gasteiger partial charge in [0.25, 0.3) is 0 Å². The summed E-state index contributed by atoms with van der Waals surface area (Å²) in [5, 5.41) is 3.05. The van der Waals surface area contributed by atoms with E-state index in [9.17, 15) is 18.0 Å². The average molecular weight is 378 g/mol.